The number of hydrogen-bond donors (Lipinski definition) is 3. The zero-order valence-electron chi connectivity index (χ0n) is 27.8. The van der Waals surface area contributed by atoms with E-state index in [1.807, 2.05) is 85.8 Å². The predicted molar refractivity (Wildman–Crippen MR) is 185 cm³/mol. The highest BCUT2D eigenvalue weighted by molar-refractivity contribution is 6.72. The van der Waals surface area contributed by atoms with Crippen molar-refractivity contribution < 1.29 is 28.3 Å². The number of ether oxygens (including phenoxy) is 1. The molecule has 0 unspecified atom stereocenters. The van der Waals surface area contributed by atoms with E-state index in [2.05, 4.69) is 10.6 Å². The molecule has 3 amide bonds. The SMILES string of the molecule is C[C@H]1[C@H]([Si](C)(C)F)[C@@H](CC(=O)N(CCO)Cc2ccccc2)O[C@]12C(=O)N(Cc1ccc(NC(=O)[C@H]3CCCN3)cc1)c1ccccc12. The van der Waals surface area contributed by atoms with Crippen LogP contribution in [0.15, 0.2) is 78.9 Å². The minimum atomic E-state index is -3.47. The molecule has 0 radical (unpaired) electrons. The highest BCUT2D eigenvalue weighted by Gasteiger charge is 2.67. The standard InChI is InChI=1S/C37H45FN4O5Si/c1-25-34(48(2,3)38)32(22-33(44)41(20-21-43)23-26-10-5-4-6-11-26)47-37(25)29-12-7-8-14-31(29)42(36(37)46)24-27-15-17-28(18-16-27)40-35(45)30-13-9-19-39-30/h4-8,10-12,14-18,25,30,32,34,39,43H,9,13,19-24H2,1-3H3,(H,40,45)/t25-,30+,32+,34-,37+/m0/s1. The molecule has 3 N–H and O–H groups in total. The number of para-hydroxylation sites is 1. The van der Waals surface area contributed by atoms with E-state index in [0.717, 1.165) is 30.5 Å². The van der Waals surface area contributed by atoms with E-state index in [0.29, 0.717) is 23.5 Å². The van der Waals surface area contributed by atoms with Gasteiger partial charge in [0.15, 0.2) is 5.60 Å². The van der Waals surface area contributed by atoms with Crippen molar-refractivity contribution in [2.45, 2.75) is 75.7 Å². The third-order valence-electron chi connectivity index (χ3n) is 10.1. The van der Waals surface area contributed by atoms with Crippen LogP contribution in [0.4, 0.5) is 15.5 Å². The van der Waals surface area contributed by atoms with E-state index in [1.54, 1.807) is 22.9 Å². The summed E-state index contributed by atoms with van der Waals surface area (Å²) < 4.78 is 23.1. The molecule has 5 atom stereocenters. The molecule has 0 saturated carbocycles. The molecule has 48 heavy (non-hydrogen) atoms. The van der Waals surface area contributed by atoms with Crippen molar-refractivity contribution in [1.82, 2.24) is 10.2 Å². The van der Waals surface area contributed by atoms with Crippen LogP contribution < -0.4 is 15.5 Å². The number of aliphatic hydroxyl groups is 1. The van der Waals surface area contributed by atoms with Gasteiger partial charge in [0.25, 0.3) is 5.91 Å². The van der Waals surface area contributed by atoms with E-state index in [9.17, 15) is 19.5 Å². The summed E-state index contributed by atoms with van der Waals surface area (Å²) in [5.41, 5.74) is 1.80. The number of carbonyl (C=O) groups excluding carboxylic acids is 3. The van der Waals surface area contributed by atoms with Crippen LogP contribution in [0.5, 0.6) is 0 Å². The highest BCUT2D eigenvalue weighted by atomic mass is 28.4. The van der Waals surface area contributed by atoms with Gasteiger partial charge in [-0.15, -0.1) is 0 Å². The molecule has 0 aliphatic carbocycles. The lowest BCUT2D eigenvalue weighted by atomic mass is 9.82. The molecular formula is C37H45FN4O5Si. The molecule has 11 heteroatoms. The first kappa shape index (κ1) is 34.0. The number of amides is 3. The Morgan fingerprint density at radius 2 is 1.77 bits per heavy atom. The second kappa shape index (κ2) is 13.9. The Morgan fingerprint density at radius 1 is 1.06 bits per heavy atom. The maximum atomic E-state index is 16.3. The Morgan fingerprint density at radius 3 is 2.44 bits per heavy atom. The van der Waals surface area contributed by atoms with Gasteiger partial charge in [0, 0.05) is 35.8 Å². The van der Waals surface area contributed by atoms with Crippen LogP contribution in [0.3, 0.4) is 0 Å². The lowest BCUT2D eigenvalue weighted by molar-refractivity contribution is -0.150. The van der Waals surface area contributed by atoms with Gasteiger partial charge in [-0.1, -0.05) is 67.6 Å². The first-order chi connectivity index (χ1) is 23.0. The van der Waals surface area contributed by atoms with Gasteiger partial charge in [-0.05, 0) is 61.8 Å². The van der Waals surface area contributed by atoms with Gasteiger partial charge in [-0.3, -0.25) is 14.4 Å². The Hall–Kier alpha value is -3.90. The van der Waals surface area contributed by atoms with Crippen LogP contribution in [-0.2, 0) is 37.8 Å². The Labute approximate surface area is 282 Å². The minimum absolute atomic E-state index is 0.0558. The van der Waals surface area contributed by atoms with Crippen molar-refractivity contribution in [3.8, 4) is 0 Å². The highest BCUT2D eigenvalue weighted by Crippen LogP contribution is 2.60. The summed E-state index contributed by atoms with van der Waals surface area (Å²) >= 11 is 0. The number of halogens is 1. The molecule has 3 heterocycles. The van der Waals surface area contributed by atoms with E-state index in [4.69, 9.17) is 4.74 Å². The first-order valence-corrected chi connectivity index (χ1v) is 19.8. The molecule has 2 saturated heterocycles. The molecule has 2 fully saturated rings. The lowest BCUT2D eigenvalue weighted by Gasteiger charge is -2.31. The molecule has 254 valence electrons. The molecule has 3 aromatic rings. The van der Waals surface area contributed by atoms with Gasteiger partial charge in [-0.25, -0.2) is 0 Å². The van der Waals surface area contributed by atoms with Crippen molar-refractivity contribution in [2.24, 2.45) is 5.92 Å². The quantitative estimate of drug-likeness (QED) is 0.193. The molecule has 6 rings (SSSR count). The minimum Gasteiger partial charge on any atom is -0.395 e. The monoisotopic (exact) mass is 672 g/mol. The van der Waals surface area contributed by atoms with Crippen LogP contribution >= 0.6 is 0 Å². The number of aliphatic hydroxyl groups excluding tert-OH is 1. The largest absolute Gasteiger partial charge is 0.395 e. The fraction of sp³-hybridized carbons (Fsp3) is 0.432. The maximum absolute atomic E-state index is 16.3. The lowest BCUT2D eigenvalue weighted by Crippen LogP contribution is -2.45. The average molecular weight is 673 g/mol. The van der Waals surface area contributed by atoms with Gasteiger partial charge in [0.2, 0.25) is 20.2 Å². The van der Waals surface area contributed by atoms with E-state index >= 15 is 4.11 Å². The number of benzene rings is 3. The average Bonchev–Trinajstić information content (AvgIpc) is 3.76. The molecule has 1 spiro atoms. The van der Waals surface area contributed by atoms with Crippen molar-refractivity contribution in [1.29, 1.82) is 0 Å². The van der Waals surface area contributed by atoms with E-state index < -0.39 is 31.6 Å². The molecular weight excluding hydrogens is 628 g/mol. The normalized spacial score (nSPS) is 25.0. The summed E-state index contributed by atoms with van der Waals surface area (Å²) in [6.07, 6.45) is 0.883. The van der Waals surface area contributed by atoms with Gasteiger partial charge in [0.05, 0.1) is 37.4 Å². The maximum Gasteiger partial charge on any atom is 0.264 e. The summed E-state index contributed by atoms with van der Waals surface area (Å²) in [7, 11) is -3.47. The number of hydrogen-bond acceptors (Lipinski definition) is 6. The third-order valence-corrected chi connectivity index (χ3v) is 12.6. The number of rotatable bonds is 11. The van der Waals surface area contributed by atoms with Gasteiger partial charge in [0.1, 0.15) is 0 Å². The Balaban J connectivity index is 1.25. The Bertz CT molecular complexity index is 1630. The van der Waals surface area contributed by atoms with Crippen molar-refractivity contribution in [2.75, 3.05) is 29.9 Å². The number of nitrogens with zero attached hydrogens (tertiary/aromatic N) is 2. The first-order valence-electron chi connectivity index (χ1n) is 16.9. The molecule has 3 aliphatic heterocycles. The van der Waals surface area contributed by atoms with Crippen LogP contribution in [0.2, 0.25) is 18.6 Å². The number of fused-ring (bicyclic) bond motifs is 2. The van der Waals surface area contributed by atoms with Crippen molar-refractivity contribution >= 4 is 37.5 Å². The molecule has 0 bridgehead atoms. The summed E-state index contributed by atoms with van der Waals surface area (Å²) in [6, 6.07) is 24.3. The fourth-order valence-electron chi connectivity index (χ4n) is 7.89. The van der Waals surface area contributed by atoms with Crippen molar-refractivity contribution in [3.63, 3.8) is 0 Å². The second-order valence-electron chi connectivity index (χ2n) is 13.7. The zero-order chi connectivity index (χ0) is 34.1. The summed E-state index contributed by atoms with van der Waals surface area (Å²) in [4.78, 5) is 44.3. The van der Waals surface area contributed by atoms with Crippen LogP contribution in [0.1, 0.15) is 42.9 Å². The summed E-state index contributed by atoms with van der Waals surface area (Å²) in [6.45, 7) is 6.47. The number of nitrogens with one attached hydrogen (secondary N) is 2. The molecule has 0 aromatic heterocycles. The predicted octanol–water partition coefficient (Wildman–Crippen LogP) is 5.11. The fourth-order valence-corrected chi connectivity index (χ4v) is 10.4. The van der Waals surface area contributed by atoms with E-state index in [-0.39, 0.29) is 49.9 Å². The third kappa shape index (κ3) is 6.56. The van der Waals surface area contributed by atoms with Gasteiger partial charge >= 0.3 is 0 Å². The Kier molecular flexibility index (Phi) is 9.85. The van der Waals surface area contributed by atoms with E-state index in [1.165, 1.54) is 0 Å². The zero-order valence-corrected chi connectivity index (χ0v) is 28.8. The second-order valence-corrected chi connectivity index (χ2v) is 17.5. The molecule has 9 nitrogen and oxygen atoms in total. The molecule has 3 aliphatic rings. The summed E-state index contributed by atoms with van der Waals surface area (Å²) in [5.74, 6) is -1.10. The number of carbonyl (C=O) groups is 3. The van der Waals surface area contributed by atoms with Gasteiger partial charge in [-0.2, -0.15) is 0 Å². The smallest absolute Gasteiger partial charge is 0.264 e. The van der Waals surface area contributed by atoms with Crippen LogP contribution in [0.25, 0.3) is 0 Å². The topological polar surface area (TPSA) is 111 Å². The van der Waals surface area contributed by atoms with Crippen molar-refractivity contribution in [3.05, 3.63) is 95.6 Å². The van der Waals surface area contributed by atoms with Crippen LogP contribution in [0, 0.1) is 5.92 Å². The van der Waals surface area contributed by atoms with Gasteiger partial charge < -0.3 is 34.4 Å². The summed E-state index contributed by atoms with van der Waals surface area (Å²) in [5, 5.41) is 15.9. The molecule has 3 aromatic carbocycles. The number of anilines is 2. The van der Waals surface area contributed by atoms with Crippen LogP contribution in [-0.4, -0.2) is 68.0 Å².